The Morgan fingerprint density at radius 3 is 2.54 bits per heavy atom. The Kier molecular flexibility index (Phi) is 4.01. The van der Waals surface area contributed by atoms with E-state index in [1.165, 1.54) is 0 Å². The highest BCUT2D eigenvalue weighted by Crippen LogP contribution is 2.47. The van der Waals surface area contributed by atoms with E-state index in [2.05, 4.69) is 10.2 Å². The average Bonchev–Trinajstić information content (AvgIpc) is 2.75. The molecule has 4 nitrogen and oxygen atoms in total. The number of hydrogen-bond acceptors (Lipinski definition) is 3. The van der Waals surface area contributed by atoms with Gasteiger partial charge in [0.05, 0.1) is 11.7 Å². The van der Waals surface area contributed by atoms with Crippen LogP contribution in [0.2, 0.25) is 0 Å². The molecular formula is C19H17F3N2O2. The van der Waals surface area contributed by atoms with Gasteiger partial charge in [0.1, 0.15) is 5.75 Å². The SMILES string of the molecule is O=C(N[C@@H]1CCN2c3ccccc3Oc3ccccc3[C@H]2C1)C(F)(F)F. The second-order valence-electron chi connectivity index (χ2n) is 6.51. The first-order valence-electron chi connectivity index (χ1n) is 8.43. The maximum Gasteiger partial charge on any atom is 0.471 e. The average molecular weight is 362 g/mol. The van der Waals surface area contributed by atoms with Crippen molar-refractivity contribution in [3.8, 4) is 11.5 Å². The van der Waals surface area contributed by atoms with Crippen LogP contribution in [0, 0.1) is 0 Å². The third kappa shape index (κ3) is 2.98. The molecule has 1 N–H and O–H groups in total. The van der Waals surface area contributed by atoms with E-state index in [4.69, 9.17) is 4.74 Å². The fourth-order valence-electron chi connectivity index (χ4n) is 3.69. The summed E-state index contributed by atoms with van der Waals surface area (Å²) < 4.78 is 43.8. The Morgan fingerprint density at radius 2 is 1.77 bits per heavy atom. The van der Waals surface area contributed by atoms with E-state index in [0.717, 1.165) is 17.0 Å². The zero-order chi connectivity index (χ0) is 18.3. The number of halogens is 3. The first-order chi connectivity index (χ1) is 12.4. The molecule has 2 aliphatic heterocycles. The lowest BCUT2D eigenvalue weighted by molar-refractivity contribution is -0.174. The van der Waals surface area contributed by atoms with E-state index in [9.17, 15) is 18.0 Å². The molecule has 2 atom stereocenters. The molecule has 1 fully saturated rings. The van der Waals surface area contributed by atoms with E-state index in [1.807, 2.05) is 48.5 Å². The van der Waals surface area contributed by atoms with E-state index in [-0.39, 0.29) is 6.04 Å². The molecule has 2 heterocycles. The van der Waals surface area contributed by atoms with Crippen LogP contribution in [0.15, 0.2) is 48.5 Å². The van der Waals surface area contributed by atoms with Gasteiger partial charge >= 0.3 is 12.1 Å². The number of carbonyl (C=O) groups excluding carboxylic acids is 1. The van der Waals surface area contributed by atoms with Gasteiger partial charge in [0.2, 0.25) is 0 Å². The Bertz CT molecular complexity index is 838. The van der Waals surface area contributed by atoms with Gasteiger partial charge in [0, 0.05) is 18.2 Å². The minimum atomic E-state index is -4.87. The van der Waals surface area contributed by atoms with Crippen LogP contribution < -0.4 is 15.0 Å². The molecule has 0 aliphatic carbocycles. The molecule has 0 spiro atoms. The van der Waals surface area contributed by atoms with Crippen molar-refractivity contribution in [2.45, 2.75) is 31.1 Å². The summed E-state index contributed by atoms with van der Waals surface area (Å²) in [6, 6.07) is 14.4. The van der Waals surface area contributed by atoms with Crippen LogP contribution in [0.25, 0.3) is 0 Å². The molecule has 7 heteroatoms. The van der Waals surface area contributed by atoms with Crippen molar-refractivity contribution in [2.24, 2.45) is 0 Å². The molecule has 26 heavy (non-hydrogen) atoms. The third-order valence-electron chi connectivity index (χ3n) is 4.87. The van der Waals surface area contributed by atoms with E-state index in [0.29, 0.717) is 25.1 Å². The Labute approximate surface area is 148 Å². The van der Waals surface area contributed by atoms with E-state index < -0.39 is 18.1 Å². The zero-order valence-electron chi connectivity index (χ0n) is 13.8. The van der Waals surface area contributed by atoms with Gasteiger partial charge in [-0.3, -0.25) is 4.79 Å². The highest BCUT2D eigenvalue weighted by atomic mass is 19.4. The summed E-state index contributed by atoms with van der Waals surface area (Å²) in [5, 5.41) is 2.14. The molecule has 0 saturated carbocycles. The summed E-state index contributed by atoms with van der Waals surface area (Å²) in [4.78, 5) is 13.5. The minimum absolute atomic E-state index is 0.165. The molecule has 136 valence electrons. The number of benzene rings is 2. The molecule has 0 bridgehead atoms. The summed E-state index contributed by atoms with van der Waals surface area (Å²) >= 11 is 0. The van der Waals surface area contributed by atoms with Gasteiger partial charge < -0.3 is 15.0 Å². The van der Waals surface area contributed by atoms with Crippen molar-refractivity contribution in [3.05, 3.63) is 54.1 Å². The second-order valence-corrected chi connectivity index (χ2v) is 6.51. The second kappa shape index (κ2) is 6.23. The number of alkyl halides is 3. The number of para-hydroxylation sites is 3. The molecule has 2 aromatic rings. The molecule has 2 aliphatic rings. The van der Waals surface area contributed by atoms with Crippen molar-refractivity contribution >= 4 is 11.6 Å². The number of fused-ring (bicyclic) bond motifs is 5. The minimum Gasteiger partial charge on any atom is -0.455 e. The molecule has 0 unspecified atom stereocenters. The summed E-state index contributed by atoms with van der Waals surface area (Å²) in [5.41, 5.74) is 1.82. The van der Waals surface area contributed by atoms with E-state index >= 15 is 0 Å². The number of amides is 1. The Balaban J connectivity index is 1.67. The van der Waals surface area contributed by atoms with Crippen molar-refractivity contribution in [1.29, 1.82) is 0 Å². The van der Waals surface area contributed by atoms with Gasteiger partial charge in [-0.2, -0.15) is 13.2 Å². The van der Waals surface area contributed by atoms with Gasteiger partial charge in [0.25, 0.3) is 0 Å². The molecular weight excluding hydrogens is 345 g/mol. The summed E-state index contributed by atoms with van der Waals surface area (Å²) in [5.74, 6) is -0.468. The highest BCUT2D eigenvalue weighted by Gasteiger charge is 2.42. The molecule has 0 aromatic heterocycles. The smallest absolute Gasteiger partial charge is 0.455 e. The van der Waals surface area contributed by atoms with Gasteiger partial charge in [0.15, 0.2) is 5.75 Å². The molecule has 4 rings (SSSR count). The normalized spacial score (nSPS) is 21.6. The van der Waals surface area contributed by atoms with Crippen LogP contribution in [0.5, 0.6) is 11.5 Å². The number of ether oxygens (including phenoxy) is 1. The lowest BCUT2D eigenvalue weighted by Gasteiger charge is -2.40. The largest absolute Gasteiger partial charge is 0.471 e. The predicted molar refractivity (Wildman–Crippen MR) is 90.3 cm³/mol. The number of anilines is 1. The molecule has 1 amide bonds. The topological polar surface area (TPSA) is 41.6 Å². The standard InChI is InChI=1S/C19H17F3N2O2/c20-19(21,22)18(25)23-12-9-10-24-14-6-2-4-8-17(14)26-16-7-3-1-5-13(16)15(24)11-12/h1-8,12,15H,9-11H2,(H,23,25)/t12-,15-/m1/s1. The third-order valence-corrected chi connectivity index (χ3v) is 4.87. The van der Waals surface area contributed by atoms with Crippen molar-refractivity contribution in [2.75, 3.05) is 11.4 Å². The quantitative estimate of drug-likeness (QED) is 0.827. The van der Waals surface area contributed by atoms with Gasteiger partial charge in [-0.15, -0.1) is 0 Å². The van der Waals surface area contributed by atoms with Crippen LogP contribution >= 0.6 is 0 Å². The van der Waals surface area contributed by atoms with Crippen LogP contribution in [-0.2, 0) is 4.79 Å². The fraction of sp³-hybridized carbons (Fsp3) is 0.316. The Morgan fingerprint density at radius 1 is 1.08 bits per heavy atom. The fourth-order valence-corrected chi connectivity index (χ4v) is 3.69. The van der Waals surface area contributed by atoms with Crippen molar-refractivity contribution in [1.82, 2.24) is 5.32 Å². The van der Waals surface area contributed by atoms with Gasteiger partial charge in [-0.1, -0.05) is 30.3 Å². The number of piperidine rings is 1. The summed E-state index contributed by atoms with van der Waals surface area (Å²) in [7, 11) is 0. The number of hydrogen-bond donors (Lipinski definition) is 1. The highest BCUT2D eigenvalue weighted by molar-refractivity contribution is 5.82. The molecule has 1 saturated heterocycles. The maximum atomic E-state index is 12.6. The number of rotatable bonds is 1. The molecule has 2 aromatic carbocycles. The van der Waals surface area contributed by atoms with Crippen LogP contribution in [0.4, 0.5) is 18.9 Å². The number of carbonyl (C=O) groups is 1. The number of nitrogens with one attached hydrogen (secondary N) is 1. The summed E-state index contributed by atoms with van der Waals surface area (Å²) in [6.45, 7) is 0.530. The van der Waals surface area contributed by atoms with Gasteiger partial charge in [-0.25, -0.2) is 0 Å². The number of nitrogens with zero attached hydrogens (tertiary/aromatic N) is 1. The summed E-state index contributed by atoms with van der Waals surface area (Å²) in [6.07, 6.45) is -4.04. The van der Waals surface area contributed by atoms with Crippen LogP contribution in [0.3, 0.4) is 0 Å². The predicted octanol–water partition coefficient (Wildman–Crippen LogP) is 4.18. The van der Waals surface area contributed by atoms with Gasteiger partial charge in [-0.05, 0) is 31.0 Å². The lowest BCUT2D eigenvalue weighted by Crippen LogP contribution is -2.49. The van der Waals surface area contributed by atoms with Crippen LogP contribution in [-0.4, -0.2) is 24.7 Å². The molecule has 0 radical (unpaired) electrons. The first kappa shape index (κ1) is 16.8. The zero-order valence-corrected chi connectivity index (χ0v) is 13.8. The first-order valence-corrected chi connectivity index (χ1v) is 8.43. The van der Waals surface area contributed by atoms with Crippen molar-refractivity contribution in [3.63, 3.8) is 0 Å². The maximum absolute atomic E-state index is 12.6. The van der Waals surface area contributed by atoms with Crippen molar-refractivity contribution < 1.29 is 22.7 Å². The lowest BCUT2D eigenvalue weighted by atomic mass is 9.91. The monoisotopic (exact) mass is 362 g/mol. The Hall–Kier alpha value is -2.70. The van der Waals surface area contributed by atoms with E-state index in [1.54, 1.807) is 0 Å². The van der Waals surface area contributed by atoms with Crippen LogP contribution in [0.1, 0.15) is 24.4 Å².